The third-order valence-corrected chi connectivity index (χ3v) is 3.01. The predicted molar refractivity (Wildman–Crippen MR) is 77.4 cm³/mol. The Labute approximate surface area is 126 Å². The molecule has 0 unspecified atom stereocenters. The van der Waals surface area contributed by atoms with E-state index in [-0.39, 0.29) is 6.10 Å². The van der Waals surface area contributed by atoms with Gasteiger partial charge in [-0.3, -0.25) is 0 Å². The van der Waals surface area contributed by atoms with Gasteiger partial charge < -0.3 is 4.74 Å². The van der Waals surface area contributed by atoms with E-state index in [1.165, 1.54) is 12.1 Å². The summed E-state index contributed by atoms with van der Waals surface area (Å²) < 4.78 is 43.0. The molecule has 0 aromatic heterocycles. The van der Waals surface area contributed by atoms with Crippen molar-refractivity contribution in [3.8, 4) is 11.1 Å². The lowest BCUT2D eigenvalue weighted by atomic mass is 9.98. The van der Waals surface area contributed by atoms with Gasteiger partial charge in [-0.25, -0.2) is 4.79 Å². The number of alkyl halides is 3. The monoisotopic (exact) mass is 308 g/mol. The fourth-order valence-corrected chi connectivity index (χ4v) is 2.03. The molecule has 0 spiro atoms. The van der Waals surface area contributed by atoms with Crippen LogP contribution in [0, 0.1) is 0 Å². The van der Waals surface area contributed by atoms with E-state index >= 15 is 0 Å². The summed E-state index contributed by atoms with van der Waals surface area (Å²) in [6.07, 6.45) is -4.65. The maximum Gasteiger partial charge on any atom is 0.416 e. The molecular formula is C17H15F3O2. The van der Waals surface area contributed by atoms with E-state index in [9.17, 15) is 18.0 Å². The second-order valence-corrected chi connectivity index (χ2v) is 5.07. The number of esters is 1. The van der Waals surface area contributed by atoms with Crippen molar-refractivity contribution in [3.63, 3.8) is 0 Å². The van der Waals surface area contributed by atoms with Crippen LogP contribution < -0.4 is 0 Å². The lowest BCUT2D eigenvalue weighted by molar-refractivity contribution is -0.137. The maximum atomic E-state index is 12.6. The largest absolute Gasteiger partial charge is 0.459 e. The van der Waals surface area contributed by atoms with E-state index in [0.29, 0.717) is 16.7 Å². The highest BCUT2D eigenvalue weighted by Gasteiger charge is 2.30. The zero-order valence-corrected chi connectivity index (χ0v) is 12.1. The predicted octanol–water partition coefficient (Wildman–Crippen LogP) is 4.94. The van der Waals surface area contributed by atoms with Crippen molar-refractivity contribution in [3.05, 3.63) is 59.7 Å². The van der Waals surface area contributed by atoms with Gasteiger partial charge in [0, 0.05) is 0 Å². The van der Waals surface area contributed by atoms with E-state index in [1.807, 2.05) is 0 Å². The average Bonchev–Trinajstić information content (AvgIpc) is 2.46. The molecule has 2 aromatic carbocycles. The molecule has 0 aliphatic carbocycles. The quantitative estimate of drug-likeness (QED) is 0.751. The minimum atomic E-state index is -4.38. The van der Waals surface area contributed by atoms with Crippen LogP contribution in [0.25, 0.3) is 11.1 Å². The van der Waals surface area contributed by atoms with Crippen molar-refractivity contribution >= 4 is 5.97 Å². The Morgan fingerprint density at radius 1 is 1.00 bits per heavy atom. The number of benzene rings is 2. The molecule has 0 aliphatic rings. The van der Waals surface area contributed by atoms with Gasteiger partial charge in [0.1, 0.15) is 0 Å². The van der Waals surface area contributed by atoms with Gasteiger partial charge in [-0.1, -0.05) is 30.3 Å². The highest BCUT2D eigenvalue weighted by molar-refractivity contribution is 5.97. The van der Waals surface area contributed by atoms with Crippen LogP contribution in [0.1, 0.15) is 29.8 Å². The van der Waals surface area contributed by atoms with Crippen LogP contribution in [0.4, 0.5) is 13.2 Å². The normalized spacial score (nSPS) is 11.5. The number of rotatable bonds is 3. The fourth-order valence-electron chi connectivity index (χ4n) is 2.03. The molecule has 0 aliphatic heterocycles. The van der Waals surface area contributed by atoms with E-state index in [2.05, 4.69) is 0 Å². The van der Waals surface area contributed by atoms with Gasteiger partial charge in [0.2, 0.25) is 0 Å². The number of ether oxygens (including phenoxy) is 1. The second kappa shape index (κ2) is 6.22. The number of hydrogen-bond acceptors (Lipinski definition) is 2. The van der Waals surface area contributed by atoms with Crippen molar-refractivity contribution in [1.29, 1.82) is 0 Å². The summed E-state index contributed by atoms with van der Waals surface area (Å²) in [5.41, 5.74) is 0.681. The Bertz CT molecular complexity index is 658. The van der Waals surface area contributed by atoms with Crippen molar-refractivity contribution in [2.45, 2.75) is 26.1 Å². The molecule has 0 radical (unpaired) electrons. The lowest BCUT2D eigenvalue weighted by Gasteiger charge is -2.12. The molecule has 0 atom stereocenters. The summed E-state index contributed by atoms with van der Waals surface area (Å²) in [7, 11) is 0. The summed E-state index contributed by atoms with van der Waals surface area (Å²) in [6.45, 7) is 3.47. The zero-order valence-electron chi connectivity index (χ0n) is 12.1. The number of carbonyl (C=O) groups is 1. The third-order valence-electron chi connectivity index (χ3n) is 3.01. The number of halogens is 3. The van der Waals surface area contributed by atoms with E-state index in [0.717, 1.165) is 12.1 Å². The minimum Gasteiger partial charge on any atom is -0.459 e. The van der Waals surface area contributed by atoms with E-state index in [4.69, 9.17) is 4.74 Å². The average molecular weight is 308 g/mol. The second-order valence-electron chi connectivity index (χ2n) is 5.07. The van der Waals surface area contributed by atoms with Crippen molar-refractivity contribution in [1.82, 2.24) is 0 Å². The van der Waals surface area contributed by atoms with Crippen LogP contribution in [-0.2, 0) is 10.9 Å². The van der Waals surface area contributed by atoms with Gasteiger partial charge in [-0.05, 0) is 43.2 Å². The van der Waals surface area contributed by atoms with Crippen molar-refractivity contribution in [2.24, 2.45) is 0 Å². The standard InChI is InChI=1S/C17H15F3O2/c1-11(2)22-16(21)15-6-4-3-5-14(15)12-7-9-13(10-8-12)17(18,19)20/h3-11H,1-2H3. The van der Waals surface area contributed by atoms with Crippen LogP contribution >= 0.6 is 0 Å². The summed E-state index contributed by atoms with van der Waals surface area (Å²) in [6, 6.07) is 11.4. The summed E-state index contributed by atoms with van der Waals surface area (Å²) in [5.74, 6) is -0.495. The summed E-state index contributed by atoms with van der Waals surface area (Å²) in [5, 5.41) is 0. The van der Waals surface area contributed by atoms with E-state index < -0.39 is 17.7 Å². The Kier molecular flexibility index (Phi) is 4.54. The smallest absolute Gasteiger partial charge is 0.416 e. The zero-order chi connectivity index (χ0) is 16.3. The SMILES string of the molecule is CC(C)OC(=O)c1ccccc1-c1ccc(C(F)(F)F)cc1. The Morgan fingerprint density at radius 2 is 1.59 bits per heavy atom. The third kappa shape index (κ3) is 3.67. The molecule has 0 saturated carbocycles. The minimum absolute atomic E-state index is 0.270. The highest BCUT2D eigenvalue weighted by atomic mass is 19.4. The Morgan fingerprint density at radius 3 is 2.14 bits per heavy atom. The topological polar surface area (TPSA) is 26.3 Å². The molecule has 116 valence electrons. The van der Waals surface area contributed by atoms with Crippen molar-refractivity contribution < 1.29 is 22.7 Å². The first-order chi connectivity index (χ1) is 10.3. The fraction of sp³-hybridized carbons (Fsp3) is 0.235. The van der Waals surface area contributed by atoms with Gasteiger partial charge >= 0.3 is 12.1 Å². The van der Waals surface area contributed by atoms with Crippen LogP contribution in [0.2, 0.25) is 0 Å². The molecule has 0 saturated heterocycles. The molecule has 2 aromatic rings. The first kappa shape index (κ1) is 16.1. The van der Waals surface area contributed by atoms with Gasteiger partial charge in [-0.2, -0.15) is 13.2 Å². The molecular weight excluding hydrogens is 293 g/mol. The maximum absolute atomic E-state index is 12.6. The highest BCUT2D eigenvalue weighted by Crippen LogP contribution is 2.32. The summed E-state index contributed by atoms with van der Waals surface area (Å²) >= 11 is 0. The van der Waals surface area contributed by atoms with Crippen LogP contribution in [-0.4, -0.2) is 12.1 Å². The summed E-state index contributed by atoms with van der Waals surface area (Å²) in [4.78, 5) is 12.1. The molecule has 0 N–H and O–H groups in total. The first-order valence-corrected chi connectivity index (χ1v) is 6.76. The Balaban J connectivity index is 2.39. The first-order valence-electron chi connectivity index (χ1n) is 6.76. The lowest BCUT2D eigenvalue weighted by Crippen LogP contribution is -2.12. The molecule has 0 bridgehead atoms. The number of carbonyl (C=O) groups excluding carboxylic acids is 1. The molecule has 0 fully saturated rings. The van der Waals surface area contributed by atoms with Gasteiger partial charge in [0.15, 0.2) is 0 Å². The Hall–Kier alpha value is -2.30. The molecule has 2 rings (SSSR count). The van der Waals surface area contributed by atoms with Crippen LogP contribution in [0.5, 0.6) is 0 Å². The molecule has 5 heteroatoms. The number of hydrogen-bond donors (Lipinski definition) is 0. The van der Waals surface area contributed by atoms with Crippen molar-refractivity contribution in [2.75, 3.05) is 0 Å². The van der Waals surface area contributed by atoms with Gasteiger partial charge in [0.25, 0.3) is 0 Å². The van der Waals surface area contributed by atoms with Gasteiger partial charge in [-0.15, -0.1) is 0 Å². The molecule has 2 nitrogen and oxygen atoms in total. The molecule has 0 heterocycles. The molecule has 22 heavy (non-hydrogen) atoms. The van der Waals surface area contributed by atoms with Gasteiger partial charge in [0.05, 0.1) is 17.2 Å². The molecule has 0 amide bonds. The van der Waals surface area contributed by atoms with Crippen LogP contribution in [0.15, 0.2) is 48.5 Å². The van der Waals surface area contributed by atoms with Crippen LogP contribution in [0.3, 0.4) is 0 Å². The van der Waals surface area contributed by atoms with E-state index in [1.54, 1.807) is 38.1 Å².